The summed E-state index contributed by atoms with van der Waals surface area (Å²) in [5, 5.41) is 5.85. The molecule has 10 aromatic rings. The van der Waals surface area contributed by atoms with Crippen molar-refractivity contribution in [1.29, 1.82) is 0 Å². The van der Waals surface area contributed by atoms with Crippen molar-refractivity contribution >= 4 is 38.1 Å². The molecule has 2 spiro atoms. The Morgan fingerprint density at radius 1 is 0.424 bits per heavy atom. The van der Waals surface area contributed by atoms with Crippen LogP contribution in [-0.4, -0.2) is 14.4 Å². The summed E-state index contributed by atoms with van der Waals surface area (Å²) in [6.07, 6.45) is 8.64. The van der Waals surface area contributed by atoms with Gasteiger partial charge in [0.1, 0.15) is 0 Å². The molecule has 7 aliphatic carbocycles. The minimum Gasteiger partial charge on any atom is -0.305 e. The van der Waals surface area contributed by atoms with Crippen LogP contribution in [0.15, 0.2) is 140 Å². The summed E-state index contributed by atoms with van der Waals surface area (Å²) in [5.41, 5.74) is 27.2. The molecule has 4 aromatic heterocycles. The number of aromatic nitrogens is 3. The second-order valence-electron chi connectivity index (χ2n) is 18.9. The van der Waals surface area contributed by atoms with Gasteiger partial charge in [0, 0.05) is 56.0 Å². The highest BCUT2D eigenvalue weighted by atomic mass is 15.0. The van der Waals surface area contributed by atoms with Gasteiger partial charge in [-0.15, -0.1) is 0 Å². The van der Waals surface area contributed by atoms with Crippen molar-refractivity contribution in [2.75, 3.05) is 0 Å². The van der Waals surface area contributed by atoms with Crippen molar-refractivity contribution in [3.05, 3.63) is 229 Å². The molecule has 0 amide bonds. The maximum Gasteiger partial charge on any atom is 0.0729 e. The number of aryl methyl sites for hydroxylation is 4. The Morgan fingerprint density at radius 2 is 0.864 bits per heavy atom. The van der Waals surface area contributed by atoms with Gasteiger partial charge in [-0.25, -0.2) is 0 Å². The van der Waals surface area contributed by atoms with Crippen LogP contribution in [0.1, 0.15) is 113 Å². The van der Waals surface area contributed by atoms with Crippen LogP contribution in [0.4, 0.5) is 0 Å². The molecule has 7 aliphatic rings. The Morgan fingerprint density at radius 3 is 1.36 bits per heavy atom. The Bertz CT molecular complexity index is 3450. The van der Waals surface area contributed by atoms with Gasteiger partial charge in [-0.2, -0.15) is 0 Å². The van der Waals surface area contributed by atoms with E-state index in [1.807, 2.05) is 0 Å². The van der Waals surface area contributed by atoms with E-state index < -0.39 is 0 Å². The molecule has 0 aliphatic heterocycles. The Balaban J connectivity index is 1.04. The first-order chi connectivity index (χ1) is 29.3. The lowest BCUT2D eigenvalue weighted by molar-refractivity contribution is 0.328. The van der Waals surface area contributed by atoms with Crippen molar-refractivity contribution in [3.8, 4) is 0 Å². The summed E-state index contributed by atoms with van der Waals surface area (Å²) >= 11 is 0. The lowest BCUT2D eigenvalue weighted by Gasteiger charge is -2.58. The second-order valence-corrected chi connectivity index (χ2v) is 18.9. The molecule has 3 heteroatoms. The van der Waals surface area contributed by atoms with E-state index >= 15 is 0 Å². The van der Waals surface area contributed by atoms with Gasteiger partial charge < -0.3 is 4.40 Å². The van der Waals surface area contributed by atoms with Crippen LogP contribution in [0.3, 0.4) is 0 Å². The normalized spacial score (nSPS) is 26.2. The molecule has 6 unspecified atom stereocenters. The van der Waals surface area contributed by atoms with Crippen LogP contribution in [0.25, 0.3) is 38.1 Å². The zero-order chi connectivity index (χ0) is 37.7. The van der Waals surface area contributed by atoms with Gasteiger partial charge in [0.05, 0.1) is 40.3 Å². The molecule has 274 valence electrons. The minimum atomic E-state index is -0.0808. The van der Waals surface area contributed by atoms with E-state index in [0.717, 1.165) is 25.7 Å². The Labute approximate surface area is 340 Å². The maximum absolute atomic E-state index is 5.56. The SMILES string of the molecule is c1cc2cc(c1)CCc1cc(c3c4c5c(ncc4n4c6cnc7c(c6c1c34)C13c4ccccc4C1c1ccccc1C73)C1c3ccccc3C3c4ccccc4C531)CC2. The number of benzene rings is 6. The van der Waals surface area contributed by atoms with E-state index in [0.29, 0.717) is 23.7 Å². The molecular weight excluding hydrogens is 715 g/mol. The average Bonchev–Trinajstić information content (AvgIpc) is 3.89. The number of nitrogens with zero attached hydrogens (tertiary/aromatic N) is 3. The van der Waals surface area contributed by atoms with E-state index in [2.05, 4.69) is 144 Å². The number of hydrogen-bond donors (Lipinski definition) is 0. The lowest BCUT2D eigenvalue weighted by atomic mass is 9.43. The quantitative estimate of drug-likeness (QED) is 0.155. The van der Waals surface area contributed by atoms with Crippen LogP contribution in [-0.2, 0) is 36.5 Å². The zero-order valence-electron chi connectivity index (χ0n) is 32.3. The van der Waals surface area contributed by atoms with Crippen LogP contribution in [0.5, 0.6) is 0 Å². The van der Waals surface area contributed by atoms with Gasteiger partial charge in [-0.05, 0) is 104 Å². The van der Waals surface area contributed by atoms with Crippen molar-refractivity contribution < 1.29 is 0 Å². The van der Waals surface area contributed by atoms with Crippen molar-refractivity contribution in [2.24, 2.45) is 0 Å². The summed E-state index contributed by atoms with van der Waals surface area (Å²) in [6, 6.07) is 49.4. The topological polar surface area (TPSA) is 30.2 Å². The second kappa shape index (κ2) is 9.32. The highest BCUT2D eigenvalue weighted by Crippen LogP contribution is 2.79. The summed E-state index contributed by atoms with van der Waals surface area (Å²) < 4.78 is 2.66. The monoisotopic (exact) mass is 749 g/mol. The number of rotatable bonds is 0. The van der Waals surface area contributed by atoms with Gasteiger partial charge >= 0.3 is 0 Å². The van der Waals surface area contributed by atoms with Crippen molar-refractivity contribution in [2.45, 2.75) is 60.2 Å². The molecule has 4 heterocycles. The summed E-state index contributed by atoms with van der Waals surface area (Å²) in [7, 11) is 0. The van der Waals surface area contributed by atoms with Gasteiger partial charge in [0.15, 0.2) is 0 Å². The largest absolute Gasteiger partial charge is 0.305 e. The first-order valence-electron chi connectivity index (χ1n) is 21.8. The molecule has 0 radical (unpaired) electrons. The van der Waals surface area contributed by atoms with E-state index in [1.165, 1.54) is 127 Å². The first kappa shape index (κ1) is 29.6. The van der Waals surface area contributed by atoms with Gasteiger partial charge in [-0.1, -0.05) is 127 Å². The molecule has 0 saturated carbocycles. The molecule has 6 aromatic carbocycles. The number of pyridine rings is 2. The lowest BCUT2D eigenvalue weighted by Crippen LogP contribution is -2.53. The van der Waals surface area contributed by atoms with Gasteiger partial charge in [0.2, 0.25) is 0 Å². The van der Waals surface area contributed by atoms with Crippen LogP contribution >= 0.6 is 0 Å². The van der Waals surface area contributed by atoms with Gasteiger partial charge in [-0.3, -0.25) is 9.97 Å². The summed E-state index contributed by atoms with van der Waals surface area (Å²) in [4.78, 5) is 11.1. The third-order valence-electron chi connectivity index (χ3n) is 17.1. The minimum absolute atomic E-state index is 0.0808. The summed E-state index contributed by atoms with van der Waals surface area (Å²) in [5.74, 6) is 1.31. The molecule has 4 bridgehead atoms. The fourth-order valence-corrected chi connectivity index (χ4v) is 15.3. The predicted molar refractivity (Wildman–Crippen MR) is 233 cm³/mol. The first-order valence-corrected chi connectivity index (χ1v) is 21.8. The average molecular weight is 750 g/mol. The van der Waals surface area contributed by atoms with E-state index in [-0.39, 0.29) is 10.8 Å². The zero-order valence-corrected chi connectivity index (χ0v) is 32.3. The third kappa shape index (κ3) is 2.81. The molecule has 59 heavy (non-hydrogen) atoms. The fourth-order valence-electron chi connectivity index (χ4n) is 15.3. The molecule has 0 fully saturated rings. The maximum atomic E-state index is 5.56. The Hall–Kier alpha value is -6.58. The number of fused-ring (bicyclic) bond motifs is 28. The molecule has 17 rings (SSSR count). The highest BCUT2D eigenvalue weighted by Gasteiger charge is 2.72. The van der Waals surface area contributed by atoms with Crippen LogP contribution in [0.2, 0.25) is 0 Å². The Kier molecular flexibility index (Phi) is 4.68. The third-order valence-corrected chi connectivity index (χ3v) is 17.1. The molecule has 0 N–H and O–H groups in total. The van der Waals surface area contributed by atoms with E-state index in [4.69, 9.17) is 9.97 Å². The highest BCUT2D eigenvalue weighted by molar-refractivity contribution is 6.27. The predicted octanol–water partition coefficient (Wildman–Crippen LogP) is 11.3. The molecule has 3 nitrogen and oxygen atoms in total. The van der Waals surface area contributed by atoms with Crippen molar-refractivity contribution in [1.82, 2.24) is 14.4 Å². The van der Waals surface area contributed by atoms with Crippen molar-refractivity contribution in [3.63, 3.8) is 0 Å². The summed E-state index contributed by atoms with van der Waals surface area (Å²) in [6.45, 7) is 0. The smallest absolute Gasteiger partial charge is 0.0729 e. The van der Waals surface area contributed by atoms with Crippen LogP contribution in [0, 0.1) is 0 Å². The fraction of sp³-hybridized carbons (Fsp3) is 0.179. The molecular formula is C56H35N3. The van der Waals surface area contributed by atoms with Gasteiger partial charge in [0.25, 0.3) is 0 Å². The standard InChI is InChI=1S/C56H35N3/c1-3-14-34-32(12-1)46-36-16-5-7-18-38(36)55(46)48(34)52-50(55)44-40(26-57-52)59-41-27-58-53-49-35-15-4-2-13-33(35)47-37-17-6-8-19-39(37)56(47,49)51(53)45(41)43-31-23-21-29-11-9-10-28(24-29)20-22-30(25-31)42(44)54(43)59/h1-19,24-27,46-49H,20-23H2. The molecule has 0 saturated heterocycles. The van der Waals surface area contributed by atoms with E-state index in [1.54, 1.807) is 0 Å². The van der Waals surface area contributed by atoms with E-state index in [9.17, 15) is 0 Å². The van der Waals surface area contributed by atoms with Crippen LogP contribution < -0.4 is 0 Å². The number of hydrogen-bond acceptors (Lipinski definition) is 2. The molecule has 6 atom stereocenters.